The van der Waals surface area contributed by atoms with Crippen LogP contribution in [0.2, 0.25) is 0 Å². The minimum Gasteiger partial charge on any atom is -0.469 e. The van der Waals surface area contributed by atoms with Crippen LogP contribution in [0.4, 0.5) is 9.59 Å². The molecule has 1 aromatic rings. The molecule has 2 heterocycles. The number of benzene rings is 1. The summed E-state index contributed by atoms with van der Waals surface area (Å²) in [6, 6.07) is 9.00. The molecule has 0 radical (unpaired) electrons. The number of rotatable bonds is 16. The third-order valence-electron chi connectivity index (χ3n) is 9.05. The number of amides is 2. The third-order valence-corrected chi connectivity index (χ3v) is 9.05. The van der Waals surface area contributed by atoms with Crippen LogP contribution < -0.4 is 10.6 Å². The van der Waals surface area contributed by atoms with Crippen LogP contribution in [-0.4, -0.2) is 117 Å². The first-order valence-electron chi connectivity index (χ1n) is 20.1. The lowest BCUT2D eigenvalue weighted by Gasteiger charge is -2.21. The highest BCUT2D eigenvalue weighted by Crippen LogP contribution is 2.39. The van der Waals surface area contributed by atoms with E-state index in [0.717, 1.165) is 5.56 Å². The molecule has 18 nitrogen and oxygen atoms in total. The maximum Gasteiger partial charge on any atom is 0.435 e. The molecule has 0 aliphatic carbocycles. The van der Waals surface area contributed by atoms with E-state index in [1.54, 1.807) is 72.7 Å². The number of carbonyl (C=O) groups is 6. The molecule has 0 saturated carbocycles. The number of aliphatic imine (C=N–C) groups is 2. The van der Waals surface area contributed by atoms with Gasteiger partial charge in [0.15, 0.2) is 0 Å². The summed E-state index contributed by atoms with van der Waals surface area (Å²) in [5, 5.41) is 5.73. The van der Waals surface area contributed by atoms with Crippen LogP contribution in [0.3, 0.4) is 0 Å². The molecule has 2 aliphatic heterocycles. The Kier molecular flexibility index (Phi) is 19.0. The van der Waals surface area contributed by atoms with Gasteiger partial charge in [-0.1, -0.05) is 54.6 Å². The molecule has 340 valence electrons. The maximum absolute atomic E-state index is 13.9. The number of carbonyl (C=O) groups excluding carboxylic acids is 6. The van der Waals surface area contributed by atoms with Gasteiger partial charge >= 0.3 is 36.1 Å². The third kappa shape index (κ3) is 15.9. The van der Waals surface area contributed by atoms with Crippen molar-refractivity contribution in [2.24, 2.45) is 33.7 Å². The fourth-order valence-electron chi connectivity index (χ4n) is 6.44. The zero-order valence-corrected chi connectivity index (χ0v) is 36.9. The van der Waals surface area contributed by atoms with Crippen LogP contribution in [0, 0.1) is 23.7 Å². The Bertz CT molecular complexity index is 1850. The van der Waals surface area contributed by atoms with Gasteiger partial charge in [0.2, 0.25) is 0 Å². The average molecular weight is 869 g/mol. The second kappa shape index (κ2) is 23.4. The van der Waals surface area contributed by atoms with E-state index in [4.69, 9.17) is 37.9 Å². The monoisotopic (exact) mass is 868 g/mol. The van der Waals surface area contributed by atoms with Crippen molar-refractivity contribution in [2.75, 3.05) is 33.4 Å². The van der Waals surface area contributed by atoms with Crippen molar-refractivity contribution in [1.82, 2.24) is 10.6 Å². The highest BCUT2D eigenvalue weighted by molar-refractivity contribution is 5.91. The van der Waals surface area contributed by atoms with Gasteiger partial charge in [-0.05, 0) is 61.0 Å². The minimum absolute atomic E-state index is 0.0370. The zero-order chi connectivity index (χ0) is 46.2. The van der Waals surface area contributed by atoms with Crippen LogP contribution in [0.1, 0.15) is 61.0 Å². The van der Waals surface area contributed by atoms with Gasteiger partial charge in [-0.3, -0.25) is 19.2 Å². The summed E-state index contributed by atoms with van der Waals surface area (Å²) in [5.41, 5.74) is -0.747. The number of ether oxygens (including phenoxy) is 8. The predicted octanol–water partition coefficient (Wildman–Crippen LogP) is 4.80. The molecule has 2 fully saturated rings. The first-order chi connectivity index (χ1) is 29.2. The lowest BCUT2D eigenvalue weighted by atomic mass is 9.85. The van der Waals surface area contributed by atoms with E-state index < -0.39 is 95.4 Å². The molecule has 8 atom stereocenters. The van der Waals surface area contributed by atoms with Crippen molar-refractivity contribution >= 4 is 47.7 Å². The van der Waals surface area contributed by atoms with E-state index in [-0.39, 0.29) is 44.6 Å². The topological polar surface area (TPSA) is 225 Å². The van der Waals surface area contributed by atoms with Crippen molar-refractivity contribution in [2.45, 2.75) is 97.6 Å². The fraction of sp³-hybridized carbons (Fsp3) is 0.545. The fourth-order valence-corrected chi connectivity index (χ4v) is 6.44. The second-order valence-corrected chi connectivity index (χ2v) is 16.3. The Labute approximate surface area is 362 Å². The Morgan fingerprint density at radius 2 is 1.02 bits per heavy atom. The highest BCUT2D eigenvalue weighted by atomic mass is 16.6. The van der Waals surface area contributed by atoms with Gasteiger partial charge in [-0.25, -0.2) is 9.59 Å². The van der Waals surface area contributed by atoms with E-state index in [1.807, 2.05) is 6.07 Å². The quantitative estimate of drug-likeness (QED) is 0.0568. The smallest absolute Gasteiger partial charge is 0.435 e. The van der Waals surface area contributed by atoms with Gasteiger partial charge in [0.05, 0.1) is 44.6 Å². The van der Waals surface area contributed by atoms with E-state index in [2.05, 4.69) is 33.8 Å². The number of nitrogens with one attached hydrogen (secondary N) is 2. The maximum atomic E-state index is 13.9. The molecule has 2 saturated heterocycles. The number of hydrogen-bond donors (Lipinski definition) is 2. The molecule has 2 N–H and O–H groups in total. The molecule has 2 amide bonds. The van der Waals surface area contributed by atoms with Crippen LogP contribution in [0.5, 0.6) is 0 Å². The molecule has 1 aromatic carbocycles. The van der Waals surface area contributed by atoms with Crippen molar-refractivity contribution in [1.29, 1.82) is 0 Å². The Balaban J connectivity index is 1.83. The number of esters is 4. The number of amidine groups is 2. The lowest BCUT2D eigenvalue weighted by molar-refractivity contribution is -0.159. The molecule has 0 spiro atoms. The standard InChI is InChI=1S/C44H60N4O14/c1-12-29-33(40(52)58-25-28-17-15-14-16-18-28)35(37(49)55-11)31(59-29)19-20-32-36(39(51)57-24-22-46-27(4)48-42(54)62-44(8,9)10)34(30(13-2)60-32)38(50)56-23-21-45-26(3)47-41(53)61-43(5,6)7/h12-20,29-36H,1-2,21-25H2,3-11H3,(H,45,47,53)(H,46,48,54)/b20-19-. The Morgan fingerprint density at radius 1 is 0.629 bits per heavy atom. The van der Waals surface area contributed by atoms with E-state index >= 15 is 0 Å². The molecule has 8 unspecified atom stereocenters. The van der Waals surface area contributed by atoms with E-state index in [1.165, 1.54) is 38.3 Å². The van der Waals surface area contributed by atoms with Crippen LogP contribution >= 0.6 is 0 Å². The first-order valence-corrected chi connectivity index (χ1v) is 20.1. The molecule has 2 aliphatic rings. The van der Waals surface area contributed by atoms with Crippen LogP contribution in [0.25, 0.3) is 0 Å². The summed E-state index contributed by atoms with van der Waals surface area (Å²) in [6.45, 7) is 20.5. The average Bonchev–Trinajstić information content (AvgIpc) is 3.76. The molecule has 18 heteroatoms. The SMILES string of the molecule is C=CC1OC(/C=C\C2OC(C=C)C(C(=O)OCCN/C(C)=N\C(=O)OC(C)(C)C)C2C(=O)OCCN/C(C)=N\C(=O)OC(C)(C)C)C(C(=O)OC)C1C(=O)OCc1ccccc1. The van der Waals surface area contributed by atoms with E-state index in [0.29, 0.717) is 0 Å². The van der Waals surface area contributed by atoms with Gasteiger partial charge in [-0.15, -0.1) is 13.2 Å². The summed E-state index contributed by atoms with van der Waals surface area (Å²) in [4.78, 5) is 86.2. The summed E-state index contributed by atoms with van der Waals surface area (Å²) in [7, 11) is 1.18. The molecule has 0 bridgehead atoms. The van der Waals surface area contributed by atoms with Crippen molar-refractivity contribution < 1.29 is 66.7 Å². The first kappa shape index (κ1) is 50.5. The largest absolute Gasteiger partial charge is 0.469 e. The van der Waals surface area contributed by atoms with Crippen molar-refractivity contribution in [3.63, 3.8) is 0 Å². The molecular weight excluding hydrogens is 808 g/mol. The number of nitrogens with zero attached hydrogens (tertiary/aromatic N) is 2. The zero-order valence-electron chi connectivity index (χ0n) is 36.9. The lowest BCUT2D eigenvalue weighted by Crippen LogP contribution is -2.38. The normalized spacial score (nSPS) is 24.1. The van der Waals surface area contributed by atoms with Gasteiger partial charge in [0, 0.05) is 0 Å². The summed E-state index contributed by atoms with van der Waals surface area (Å²) in [5.74, 6) is -7.55. The summed E-state index contributed by atoms with van der Waals surface area (Å²) >= 11 is 0. The predicted molar refractivity (Wildman–Crippen MR) is 226 cm³/mol. The van der Waals surface area contributed by atoms with Gasteiger partial charge < -0.3 is 48.5 Å². The van der Waals surface area contributed by atoms with Gasteiger partial charge in [-0.2, -0.15) is 9.98 Å². The Hall–Kier alpha value is -5.88. The van der Waals surface area contributed by atoms with Crippen molar-refractivity contribution in [3.05, 3.63) is 73.4 Å². The van der Waals surface area contributed by atoms with Crippen LogP contribution in [0.15, 0.2) is 77.8 Å². The summed E-state index contributed by atoms with van der Waals surface area (Å²) < 4.78 is 44.5. The highest BCUT2D eigenvalue weighted by Gasteiger charge is 2.54. The van der Waals surface area contributed by atoms with Crippen molar-refractivity contribution in [3.8, 4) is 0 Å². The molecule has 62 heavy (non-hydrogen) atoms. The molecular formula is C44H60N4O14. The van der Waals surface area contributed by atoms with Gasteiger partial charge in [0.25, 0.3) is 0 Å². The Morgan fingerprint density at radius 3 is 1.40 bits per heavy atom. The number of methoxy groups -OCH3 is 1. The van der Waals surface area contributed by atoms with Gasteiger partial charge in [0.1, 0.15) is 66.4 Å². The molecule has 3 rings (SSSR count). The summed E-state index contributed by atoms with van der Waals surface area (Å²) in [6.07, 6.45) is -0.182. The minimum atomic E-state index is -1.30. The van der Waals surface area contributed by atoms with Crippen LogP contribution in [-0.2, 0) is 63.7 Å². The molecule has 0 aromatic heterocycles. The number of hydrogen-bond acceptors (Lipinski definition) is 14. The van der Waals surface area contributed by atoms with E-state index in [9.17, 15) is 28.8 Å². The second-order valence-electron chi connectivity index (χ2n) is 16.3.